The van der Waals surface area contributed by atoms with Crippen molar-refractivity contribution in [2.75, 3.05) is 13.2 Å². The van der Waals surface area contributed by atoms with Crippen molar-refractivity contribution in [2.24, 2.45) is 0 Å². The van der Waals surface area contributed by atoms with Crippen LogP contribution in [0.15, 0.2) is 0 Å². The normalized spacial score (nSPS) is 10.3. The van der Waals surface area contributed by atoms with Crippen LogP contribution in [0, 0.1) is 0 Å². The molecule has 0 fully saturated rings. The average Bonchev–Trinajstić information content (AvgIpc) is 2.23. The van der Waals surface area contributed by atoms with Gasteiger partial charge < -0.3 is 8.37 Å². The van der Waals surface area contributed by atoms with Crippen molar-refractivity contribution in [3.63, 3.8) is 0 Å². The minimum Gasteiger partial charge on any atom is -0.308 e. The monoisotopic (exact) mass is 306 g/mol. The molecule has 0 radical (unpaired) electrons. The van der Waals surface area contributed by atoms with Crippen LogP contribution in [0.25, 0.3) is 0 Å². The minimum atomic E-state index is -0.177. The molecular formula is C6H10O4S5. The molecule has 0 amide bonds. The van der Waals surface area contributed by atoms with Crippen LogP contribution in [0.3, 0.4) is 0 Å². The topological polar surface area (TPSA) is 52.6 Å². The van der Waals surface area contributed by atoms with Gasteiger partial charge in [-0.2, -0.15) is 0 Å². The van der Waals surface area contributed by atoms with Crippen LogP contribution in [0.2, 0.25) is 0 Å². The fourth-order valence-electron chi connectivity index (χ4n) is 0.314. The van der Waals surface area contributed by atoms with Gasteiger partial charge in [-0.3, -0.25) is 9.59 Å². The largest absolute Gasteiger partial charge is 0.308 e. The predicted octanol–water partition coefficient (Wildman–Crippen LogP) is 4.63. The highest BCUT2D eigenvalue weighted by atomic mass is 33.5. The summed E-state index contributed by atoms with van der Waals surface area (Å²) in [4.78, 5) is 22.0. The van der Waals surface area contributed by atoms with Gasteiger partial charge in [0, 0.05) is 21.6 Å². The first-order chi connectivity index (χ1) is 7.20. The molecule has 0 aromatic rings. The van der Waals surface area contributed by atoms with Crippen LogP contribution in [-0.4, -0.2) is 22.1 Å². The Morgan fingerprint density at radius 2 is 1.33 bits per heavy atom. The average molecular weight is 306 g/mol. The van der Waals surface area contributed by atoms with Gasteiger partial charge in [-0.25, -0.2) is 0 Å². The molecule has 88 valence electrons. The SMILES string of the molecule is CCOSC(=O)SSSC(=O)SOCC. The van der Waals surface area contributed by atoms with E-state index in [4.69, 9.17) is 8.37 Å². The van der Waals surface area contributed by atoms with E-state index >= 15 is 0 Å². The van der Waals surface area contributed by atoms with E-state index in [-0.39, 0.29) is 8.89 Å². The van der Waals surface area contributed by atoms with Gasteiger partial charge in [0.1, 0.15) is 0 Å². The number of hydrogen-bond donors (Lipinski definition) is 0. The second-order valence-electron chi connectivity index (χ2n) is 1.71. The van der Waals surface area contributed by atoms with Crippen LogP contribution < -0.4 is 0 Å². The standard InChI is InChI=1S/C6H10O4S5/c1-3-9-11-5(7)13-15-14-6(8)12-10-4-2/h3-4H2,1-2H3. The van der Waals surface area contributed by atoms with Gasteiger partial charge in [0.15, 0.2) is 0 Å². The molecule has 0 heterocycles. The lowest BCUT2D eigenvalue weighted by Gasteiger charge is -1.98. The maximum atomic E-state index is 11.0. The zero-order valence-corrected chi connectivity index (χ0v) is 12.2. The summed E-state index contributed by atoms with van der Waals surface area (Å²) in [7, 11) is 3.04. The Kier molecular flexibility index (Phi) is 12.3. The van der Waals surface area contributed by atoms with Crippen LogP contribution >= 0.6 is 55.5 Å². The van der Waals surface area contributed by atoms with Crippen LogP contribution in [0.4, 0.5) is 9.59 Å². The van der Waals surface area contributed by atoms with Crippen molar-refractivity contribution in [3.05, 3.63) is 0 Å². The molecule has 4 nitrogen and oxygen atoms in total. The Balaban J connectivity index is 3.36. The molecule has 0 saturated carbocycles. The van der Waals surface area contributed by atoms with E-state index in [1.807, 2.05) is 0 Å². The fourth-order valence-corrected chi connectivity index (χ4v) is 5.14. The van der Waals surface area contributed by atoms with E-state index < -0.39 is 0 Å². The molecule has 0 aromatic heterocycles. The number of hydrogen-bond acceptors (Lipinski definition) is 9. The lowest BCUT2D eigenvalue weighted by molar-refractivity contribution is 0.274. The summed E-state index contributed by atoms with van der Waals surface area (Å²) in [5, 5.41) is 0. The van der Waals surface area contributed by atoms with E-state index in [1.54, 1.807) is 13.8 Å². The Bertz CT molecular complexity index is 180. The summed E-state index contributed by atoms with van der Waals surface area (Å²) < 4.78 is 9.30. The first-order valence-electron chi connectivity index (χ1n) is 3.88. The quantitative estimate of drug-likeness (QED) is 0.516. The van der Waals surface area contributed by atoms with Crippen molar-refractivity contribution in [2.45, 2.75) is 13.8 Å². The molecule has 0 aliphatic rings. The first kappa shape index (κ1) is 16.0. The van der Waals surface area contributed by atoms with E-state index in [0.717, 1.165) is 55.5 Å². The molecule has 15 heavy (non-hydrogen) atoms. The molecule has 0 spiro atoms. The number of carbonyl (C=O) groups is 2. The Morgan fingerprint density at radius 3 is 1.67 bits per heavy atom. The molecule has 0 rings (SSSR count). The molecule has 0 N–H and O–H groups in total. The molecular weight excluding hydrogens is 296 g/mol. The van der Waals surface area contributed by atoms with E-state index in [9.17, 15) is 9.59 Å². The number of carbonyl (C=O) groups excluding carboxylic acids is 2. The lowest BCUT2D eigenvalue weighted by atomic mass is 10.9. The molecule has 0 unspecified atom stereocenters. The zero-order valence-electron chi connectivity index (χ0n) is 8.09. The first-order valence-corrected chi connectivity index (χ1v) is 8.85. The molecule has 9 heteroatoms. The molecule has 0 bridgehead atoms. The van der Waals surface area contributed by atoms with Gasteiger partial charge >= 0.3 is 0 Å². The highest BCUT2D eigenvalue weighted by molar-refractivity contribution is 9.16. The summed E-state index contributed by atoms with van der Waals surface area (Å²) >= 11 is 1.57. The van der Waals surface area contributed by atoms with Crippen molar-refractivity contribution in [1.82, 2.24) is 0 Å². The lowest BCUT2D eigenvalue weighted by Crippen LogP contribution is -1.83. The summed E-state index contributed by atoms with van der Waals surface area (Å²) in [6.07, 6.45) is 0. The van der Waals surface area contributed by atoms with E-state index in [1.165, 1.54) is 0 Å². The molecule has 0 aliphatic heterocycles. The molecule has 0 atom stereocenters. The van der Waals surface area contributed by atoms with Gasteiger partial charge in [-0.15, -0.1) is 0 Å². The molecule has 0 aromatic carbocycles. The zero-order chi connectivity index (χ0) is 11.5. The second-order valence-corrected chi connectivity index (χ2v) is 7.62. The van der Waals surface area contributed by atoms with Gasteiger partial charge in [0.05, 0.1) is 37.3 Å². The minimum absolute atomic E-state index is 0.177. The van der Waals surface area contributed by atoms with E-state index in [2.05, 4.69) is 0 Å². The highest BCUT2D eigenvalue weighted by Crippen LogP contribution is 2.41. The summed E-state index contributed by atoms with van der Waals surface area (Å²) in [5.41, 5.74) is 0. The summed E-state index contributed by atoms with van der Waals surface area (Å²) in [6.45, 7) is 4.56. The van der Waals surface area contributed by atoms with Crippen molar-refractivity contribution >= 4 is 64.4 Å². The molecule has 0 aliphatic carbocycles. The van der Waals surface area contributed by atoms with Crippen molar-refractivity contribution in [1.29, 1.82) is 0 Å². The third-order valence-corrected chi connectivity index (χ3v) is 6.16. The van der Waals surface area contributed by atoms with E-state index in [0.29, 0.717) is 13.2 Å². The van der Waals surface area contributed by atoms with Crippen LogP contribution in [0.1, 0.15) is 13.8 Å². The van der Waals surface area contributed by atoms with Gasteiger partial charge in [0.25, 0.3) is 8.89 Å². The third kappa shape index (κ3) is 11.3. The van der Waals surface area contributed by atoms with Gasteiger partial charge in [0.2, 0.25) is 0 Å². The fraction of sp³-hybridized carbons (Fsp3) is 0.667. The maximum absolute atomic E-state index is 11.0. The third-order valence-electron chi connectivity index (χ3n) is 0.694. The predicted molar refractivity (Wildman–Crippen MR) is 72.0 cm³/mol. The summed E-state index contributed by atoms with van der Waals surface area (Å²) in [6, 6.07) is 0. The second kappa shape index (κ2) is 11.5. The van der Waals surface area contributed by atoms with Gasteiger partial charge in [-0.1, -0.05) is 0 Å². The van der Waals surface area contributed by atoms with Crippen molar-refractivity contribution in [3.8, 4) is 0 Å². The number of rotatable bonds is 6. The van der Waals surface area contributed by atoms with Crippen LogP contribution in [-0.2, 0) is 8.37 Å². The smallest absolute Gasteiger partial charge is 0.284 e. The summed E-state index contributed by atoms with van der Waals surface area (Å²) in [5.74, 6) is 0. The Labute approximate surface area is 109 Å². The Morgan fingerprint density at radius 1 is 0.933 bits per heavy atom. The molecule has 0 saturated heterocycles. The Hall–Kier alpha value is 1.01. The van der Waals surface area contributed by atoms with Crippen LogP contribution in [0.5, 0.6) is 0 Å². The van der Waals surface area contributed by atoms with Gasteiger partial charge in [-0.05, 0) is 23.7 Å². The highest BCUT2D eigenvalue weighted by Gasteiger charge is 2.09. The van der Waals surface area contributed by atoms with Crippen molar-refractivity contribution < 1.29 is 18.0 Å². The maximum Gasteiger partial charge on any atom is 0.284 e.